The molecule has 0 aromatic heterocycles. The molecule has 6 heteroatoms. The fourth-order valence-electron chi connectivity index (χ4n) is 4.37. The van der Waals surface area contributed by atoms with Gasteiger partial charge in [-0.15, -0.1) is 0 Å². The summed E-state index contributed by atoms with van der Waals surface area (Å²) in [5.41, 5.74) is 1.84. The number of anilines is 1. The molecule has 0 radical (unpaired) electrons. The quantitative estimate of drug-likeness (QED) is 0.429. The van der Waals surface area contributed by atoms with Gasteiger partial charge in [-0.05, 0) is 49.7 Å². The number of unbranched alkanes of at least 4 members (excludes halogenated alkanes) is 1. The summed E-state index contributed by atoms with van der Waals surface area (Å²) < 4.78 is 17.3. The number of Topliss-reactive ketones (excluding diaryl/α,β-unsaturated/α-hetero) is 1. The maximum absolute atomic E-state index is 12.7. The van der Waals surface area contributed by atoms with Gasteiger partial charge in [-0.2, -0.15) is 0 Å². The van der Waals surface area contributed by atoms with Crippen molar-refractivity contribution >= 4 is 11.5 Å². The fourth-order valence-corrected chi connectivity index (χ4v) is 4.37. The van der Waals surface area contributed by atoms with Gasteiger partial charge in [0.2, 0.25) is 0 Å². The van der Waals surface area contributed by atoms with Gasteiger partial charge in [0.15, 0.2) is 17.3 Å². The highest BCUT2D eigenvalue weighted by Gasteiger charge is 2.26. The third-order valence-electron chi connectivity index (χ3n) is 6.43. The van der Waals surface area contributed by atoms with Crippen molar-refractivity contribution in [3.63, 3.8) is 0 Å². The molecule has 0 aliphatic carbocycles. The van der Waals surface area contributed by atoms with Crippen LogP contribution in [0.5, 0.6) is 17.2 Å². The van der Waals surface area contributed by atoms with Crippen molar-refractivity contribution in [3.8, 4) is 17.2 Å². The van der Waals surface area contributed by atoms with E-state index in [1.165, 1.54) is 5.69 Å². The molecule has 2 aliphatic rings. The van der Waals surface area contributed by atoms with Crippen molar-refractivity contribution in [2.24, 2.45) is 5.41 Å². The molecule has 1 fully saturated rings. The minimum atomic E-state index is -0.0398. The summed E-state index contributed by atoms with van der Waals surface area (Å²) in [6.45, 7) is 10.5. The van der Waals surface area contributed by atoms with Crippen LogP contribution < -0.4 is 19.1 Å². The number of fused-ring (bicyclic) bond motifs is 1. The number of nitrogens with zero attached hydrogens (tertiary/aromatic N) is 2. The van der Waals surface area contributed by atoms with Crippen molar-refractivity contribution in [2.75, 3.05) is 57.9 Å². The second-order valence-electron chi connectivity index (χ2n) is 9.78. The van der Waals surface area contributed by atoms with E-state index < -0.39 is 0 Å². The van der Waals surface area contributed by atoms with Crippen molar-refractivity contribution in [1.82, 2.24) is 4.90 Å². The number of rotatable bonds is 8. The molecule has 33 heavy (non-hydrogen) atoms. The van der Waals surface area contributed by atoms with E-state index in [1.54, 1.807) is 7.11 Å². The first-order chi connectivity index (χ1) is 15.9. The molecule has 0 bridgehead atoms. The van der Waals surface area contributed by atoms with Crippen molar-refractivity contribution in [3.05, 3.63) is 48.0 Å². The molecular formula is C27H36N2O4. The molecule has 0 amide bonds. The molecule has 1 saturated heterocycles. The Bertz CT molecular complexity index is 951. The summed E-state index contributed by atoms with van der Waals surface area (Å²) in [5, 5.41) is 0. The Labute approximate surface area is 197 Å². The molecule has 2 heterocycles. The third kappa shape index (κ3) is 5.99. The number of methoxy groups -OCH3 is 1. The minimum Gasteiger partial charge on any atom is -0.495 e. The van der Waals surface area contributed by atoms with Gasteiger partial charge in [0.1, 0.15) is 5.75 Å². The Kier molecular flexibility index (Phi) is 7.43. The highest BCUT2D eigenvalue weighted by atomic mass is 16.5. The normalized spacial score (nSPS) is 18.0. The van der Waals surface area contributed by atoms with Crippen LogP contribution in [0.1, 0.15) is 43.5 Å². The van der Waals surface area contributed by atoms with Gasteiger partial charge in [0.25, 0.3) is 0 Å². The zero-order valence-corrected chi connectivity index (χ0v) is 20.1. The lowest BCUT2D eigenvalue weighted by Gasteiger charge is -2.36. The second-order valence-corrected chi connectivity index (χ2v) is 9.78. The van der Waals surface area contributed by atoms with Crippen LogP contribution in [0.3, 0.4) is 0 Å². The SMILES string of the molecule is COc1ccccc1N1CCN(CCCCC(=O)c2ccc3c(c2)OCC(C)(C)CO3)CC1. The highest BCUT2D eigenvalue weighted by Crippen LogP contribution is 2.34. The van der Waals surface area contributed by atoms with Gasteiger partial charge in [-0.25, -0.2) is 0 Å². The Morgan fingerprint density at radius 1 is 0.970 bits per heavy atom. The van der Waals surface area contributed by atoms with E-state index in [4.69, 9.17) is 14.2 Å². The smallest absolute Gasteiger partial charge is 0.163 e. The average Bonchev–Trinajstić information content (AvgIpc) is 2.99. The van der Waals surface area contributed by atoms with Crippen LogP contribution in [-0.2, 0) is 0 Å². The maximum Gasteiger partial charge on any atom is 0.163 e. The first-order valence-corrected chi connectivity index (χ1v) is 12.0. The van der Waals surface area contributed by atoms with E-state index in [1.807, 2.05) is 30.3 Å². The maximum atomic E-state index is 12.7. The Morgan fingerprint density at radius 3 is 2.45 bits per heavy atom. The van der Waals surface area contributed by atoms with Crippen molar-refractivity contribution in [2.45, 2.75) is 33.1 Å². The summed E-state index contributed by atoms with van der Waals surface area (Å²) in [6.07, 6.45) is 2.48. The number of carbonyl (C=O) groups is 1. The van der Waals surface area contributed by atoms with Crippen molar-refractivity contribution < 1.29 is 19.0 Å². The molecule has 2 aliphatic heterocycles. The molecule has 0 unspecified atom stereocenters. The summed E-state index contributed by atoms with van der Waals surface area (Å²) in [4.78, 5) is 17.6. The molecular weight excluding hydrogens is 416 g/mol. The highest BCUT2D eigenvalue weighted by molar-refractivity contribution is 5.96. The van der Waals surface area contributed by atoms with Gasteiger partial charge in [-0.3, -0.25) is 9.69 Å². The Balaban J connectivity index is 1.20. The van der Waals surface area contributed by atoms with Gasteiger partial charge < -0.3 is 19.1 Å². The monoisotopic (exact) mass is 452 g/mol. The molecule has 178 valence electrons. The lowest BCUT2D eigenvalue weighted by atomic mass is 9.97. The standard InChI is InChI=1S/C27H36N2O4/c1-27(2)19-32-25-12-11-21(18-26(25)33-20-27)23(30)9-6-7-13-28-14-16-29(17-15-28)22-8-4-5-10-24(22)31-3/h4-5,8,10-12,18H,6-7,9,13-17,19-20H2,1-3H3. The fraction of sp³-hybridized carbons (Fsp3) is 0.519. The zero-order chi connectivity index (χ0) is 23.3. The van der Waals surface area contributed by atoms with E-state index in [0.29, 0.717) is 30.9 Å². The summed E-state index contributed by atoms with van der Waals surface area (Å²) in [5.74, 6) is 2.51. The predicted molar refractivity (Wildman–Crippen MR) is 131 cm³/mol. The van der Waals surface area contributed by atoms with E-state index in [9.17, 15) is 4.79 Å². The second kappa shape index (κ2) is 10.5. The van der Waals surface area contributed by atoms with Crippen LogP contribution in [0.2, 0.25) is 0 Å². The first-order valence-electron chi connectivity index (χ1n) is 12.0. The number of hydrogen-bond donors (Lipinski definition) is 0. The summed E-state index contributed by atoms with van der Waals surface area (Å²) in [6, 6.07) is 13.8. The van der Waals surface area contributed by atoms with Crippen LogP contribution in [-0.4, -0.2) is 63.7 Å². The number of ketones is 1. The number of ether oxygens (including phenoxy) is 3. The lowest BCUT2D eigenvalue weighted by Crippen LogP contribution is -2.46. The average molecular weight is 453 g/mol. The van der Waals surface area contributed by atoms with Crippen LogP contribution in [0.4, 0.5) is 5.69 Å². The topological polar surface area (TPSA) is 51.2 Å². The first kappa shape index (κ1) is 23.4. The molecule has 2 aromatic rings. The Morgan fingerprint density at radius 2 is 1.70 bits per heavy atom. The number of piperazine rings is 1. The molecule has 4 rings (SSSR count). The number of benzene rings is 2. The van der Waals surface area contributed by atoms with E-state index in [-0.39, 0.29) is 11.2 Å². The molecule has 0 N–H and O–H groups in total. The van der Waals surface area contributed by atoms with Crippen LogP contribution in [0, 0.1) is 5.41 Å². The number of hydrogen-bond acceptors (Lipinski definition) is 6. The summed E-state index contributed by atoms with van der Waals surface area (Å²) in [7, 11) is 1.73. The minimum absolute atomic E-state index is 0.0398. The predicted octanol–water partition coefficient (Wildman–Crippen LogP) is 4.67. The third-order valence-corrected chi connectivity index (χ3v) is 6.43. The van der Waals surface area contributed by atoms with Crippen LogP contribution >= 0.6 is 0 Å². The Hall–Kier alpha value is -2.73. The van der Waals surface area contributed by atoms with E-state index in [2.05, 4.69) is 35.8 Å². The zero-order valence-electron chi connectivity index (χ0n) is 20.1. The summed E-state index contributed by atoms with van der Waals surface area (Å²) >= 11 is 0. The van der Waals surface area contributed by atoms with Crippen LogP contribution in [0.25, 0.3) is 0 Å². The molecule has 2 aromatic carbocycles. The molecule has 6 nitrogen and oxygen atoms in total. The number of para-hydroxylation sites is 2. The van der Waals surface area contributed by atoms with Crippen LogP contribution in [0.15, 0.2) is 42.5 Å². The lowest BCUT2D eigenvalue weighted by molar-refractivity contribution is 0.0977. The van der Waals surface area contributed by atoms with Crippen molar-refractivity contribution in [1.29, 1.82) is 0 Å². The molecule has 0 saturated carbocycles. The van der Waals surface area contributed by atoms with E-state index in [0.717, 1.165) is 57.1 Å². The number of carbonyl (C=O) groups excluding carboxylic acids is 1. The van der Waals surface area contributed by atoms with Gasteiger partial charge >= 0.3 is 0 Å². The van der Waals surface area contributed by atoms with Gasteiger partial charge in [-0.1, -0.05) is 26.0 Å². The van der Waals surface area contributed by atoms with Gasteiger partial charge in [0, 0.05) is 43.6 Å². The van der Waals surface area contributed by atoms with Gasteiger partial charge in [0.05, 0.1) is 26.0 Å². The molecule has 0 spiro atoms. The molecule has 0 atom stereocenters. The largest absolute Gasteiger partial charge is 0.495 e. The van der Waals surface area contributed by atoms with E-state index >= 15 is 0 Å².